The Labute approximate surface area is 197 Å². The molecule has 4 saturated carbocycles. The van der Waals surface area contributed by atoms with Gasteiger partial charge in [-0.15, -0.1) is 0 Å². The molecular weight excluding hydrogens is 414 g/mol. The van der Waals surface area contributed by atoms with Gasteiger partial charge in [0.2, 0.25) is 0 Å². The molecule has 1 aromatic rings. The fourth-order valence-electron chi connectivity index (χ4n) is 8.85. The van der Waals surface area contributed by atoms with Gasteiger partial charge in [-0.25, -0.2) is 5.43 Å². The average Bonchev–Trinajstić information content (AvgIpc) is 3.01. The Morgan fingerprint density at radius 3 is 2.61 bits per heavy atom. The molecular formula is C27H37N3O3. The minimum Gasteiger partial charge on any atom is -0.469 e. The summed E-state index contributed by atoms with van der Waals surface area (Å²) in [6.07, 6.45) is 11.4. The molecule has 1 aromatic heterocycles. The van der Waals surface area contributed by atoms with Crippen LogP contribution in [0.5, 0.6) is 0 Å². The Morgan fingerprint density at radius 2 is 1.88 bits per heavy atom. The number of nitrogens with zero attached hydrogens (tertiary/aromatic N) is 2. The number of fused-ring (bicyclic) bond motifs is 3. The molecule has 6 heteroatoms. The predicted octanol–water partition coefficient (Wildman–Crippen LogP) is 5.14. The number of nitrogens with one attached hydrogen (secondary N) is 1. The number of aromatic nitrogens is 1. The van der Waals surface area contributed by atoms with E-state index >= 15 is 0 Å². The fourth-order valence-corrected chi connectivity index (χ4v) is 8.85. The molecule has 1 spiro atoms. The summed E-state index contributed by atoms with van der Waals surface area (Å²) in [6, 6.07) is 5.33. The molecule has 0 saturated heterocycles. The second-order valence-corrected chi connectivity index (χ2v) is 11.9. The van der Waals surface area contributed by atoms with Crippen LogP contribution in [0.15, 0.2) is 29.5 Å². The highest BCUT2D eigenvalue weighted by Gasteiger charge is 2.67. The first-order chi connectivity index (χ1) is 15.7. The van der Waals surface area contributed by atoms with E-state index in [1.54, 1.807) is 18.3 Å². The molecule has 6 atom stereocenters. The van der Waals surface area contributed by atoms with Gasteiger partial charge in [-0.3, -0.25) is 14.6 Å². The monoisotopic (exact) mass is 451 g/mol. The molecule has 6 nitrogen and oxygen atoms in total. The number of hydrazone groups is 1. The molecule has 1 heterocycles. The van der Waals surface area contributed by atoms with E-state index in [2.05, 4.69) is 31.2 Å². The van der Waals surface area contributed by atoms with Gasteiger partial charge in [0.05, 0.1) is 12.5 Å². The van der Waals surface area contributed by atoms with Crippen LogP contribution in [-0.4, -0.2) is 29.7 Å². The first-order valence-electron chi connectivity index (χ1n) is 12.5. The van der Waals surface area contributed by atoms with Crippen molar-refractivity contribution in [2.45, 2.75) is 78.6 Å². The van der Waals surface area contributed by atoms with Crippen molar-refractivity contribution in [2.24, 2.45) is 38.6 Å². The van der Waals surface area contributed by atoms with E-state index in [9.17, 15) is 9.59 Å². The van der Waals surface area contributed by atoms with Crippen LogP contribution < -0.4 is 5.43 Å². The van der Waals surface area contributed by atoms with E-state index in [1.165, 1.54) is 20.0 Å². The van der Waals surface area contributed by atoms with Crippen LogP contribution in [0, 0.1) is 33.5 Å². The van der Waals surface area contributed by atoms with Crippen molar-refractivity contribution >= 4 is 17.6 Å². The van der Waals surface area contributed by atoms with Crippen molar-refractivity contribution in [3.05, 3.63) is 30.1 Å². The zero-order valence-electron chi connectivity index (χ0n) is 20.4. The highest BCUT2D eigenvalue weighted by atomic mass is 16.5. The predicted molar refractivity (Wildman–Crippen MR) is 126 cm³/mol. The molecule has 2 bridgehead atoms. The van der Waals surface area contributed by atoms with Gasteiger partial charge in [-0.1, -0.05) is 26.3 Å². The van der Waals surface area contributed by atoms with E-state index in [-0.39, 0.29) is 33.5 Å². The molecule has 0 aromatic carbocycles. The standard InChI is InChI=1S/C27H37N3O3/c1-24-13-9-20-25(2)11-7-12-26(3,23(32)33-4)19(25)10-14-27(20,17-24)16-21(24)29-30-22(31)18-8-5-6-15-28-18/h5-6,8,15,19-20H,7,9-14,16-17H2,1-4H3,(H,30,31)/b29-21+/t19-,20-,24-,25+,26+,27-/m0/s1. The molecule has 1 amide bonds. The van der Waals surface area contributed by atoms with E-state index < -0.39 is 0 Å². The van der Waals surface area contributed by atoms with Gasteiger partial charge in [0.1, 0.15) is 5.69 Å². The molecule has 5 rings (SSSR count). The summed E-state index contributed by atoms with van der Waals surface area (Å²) in [4.78, 5) is 29.6. The normalized spacial score (nSPS) is 42.8. The maximum Gasteiger partial charge on any atom is 0.311 e. The molecule has 33 heavy (non-hydrogen) atoms. The second kappa shape index (κ2) is 7.64. The van der Waals surface area contributed by atoms with E-state index in [0.717, 1.165) is 50.7 Å². The summed E-state index contributed by atoms with van der Waals surface area (Å²) in [6.45, 7) is 6.95. The van der Waals surface area contributed by atoms with Crippen LogP contribution in [0.25, 0.3) is 0 Å². The highest BCUT2D eigenvalue weighted by molar-refractivity contribution is 5.96. The lowest BCUT2D eigenvalue weighted by atomic mass is 9.40. The summed E-state index contributed by atoms with van der Waals surface area (Å²) in [5, 5.41) is 4.70. The third-order valence-electron chi connectivity index (χ3n) is 10.2. The molecule has 0 unspecified atom stereocenters. The van der Waals surface area contributed by atoms with Crippen LogP contribution in [0.4, 0.5) is 0 Å². The first-order valence-corrected chi connectivity index (χ1v) is 12.5. The molecule has 1 N–H and O–H groups in total. The maximum atomic E-state index is 12.9. The number of esters is 1. The lowest BCUT2D eigenvalue weighted by Crippen LogP contribution is -2.58. The van der Waals surface area contributed by atoms with Crippen LogP contribution in [-0.2, 0) is 9.53 Å². The van der Waals surface area contributed by atoms with Crippen molar-refractivity contribution in [2.75, 3.05) is 7.11 Å². The summed E-state index contributed by atoms with van der Waals surface area (Å²) in [5.74, 6) is 0.677. The zero-order valence-corrected chi connectivity index (χ0v) is 20.4. The van der Waals surface area contributed by atoms with Crippen LogP contribution >= 0.6 is 0 Å². The van der Waals surface area contributed by atoms with Crippen LogP contribution in [0.1, 0.15) is 89.0 Å². The fraction of sp³-hybridized carbons (Fsp3) is 0.704. The number of pyridine rings is 1. The first kappa shape index (κ1) is 22.5. The van der Waals surface area contributed by atoms with Gasteiger partial charge in [-0.2, -0.15) is 5.10 Å². The molecule has 4 fully saturated rings. The van der Waals surface area contributed by atoms with Crippen molar-refractivity contribution in [3.8, 4) is 0 Å². The molecule has 178 valence electrons. The number of hydrogen-bond donors (Lipinski definition) is 1. The van der Waals surface area contributed by atoms with Gasteiger partial charge in [-0.05, 0) is 93.1 Å². The van der Waals surface area contributed by atoms with E-state index in [0.29, 0.717) is 17.5 Å². The SMILES string of the molecule is COC(=O)[C@]1(C)CCC[C@@]2(C)[C@@H]3CC[C@@]4(C)C[C@]3(CC[C@@H]21)C/C4=N\NC(=O)c1ccccn1. The third-order valence-corrected chi connectivity index (χ3v) is 10.2. The van der Waals surface area contributed by atoms with Crippen LogP contribution in [0.3, 0.4) is 0 Å². The topological polar surface area (TPSA) is 80.6 Å². The summed E-state index contributed by atoms with van der Waals surface area (Å²) < 4.78 is 5.30. The Balaban J connectivity index is 1.42. The van der Waals surface area contributed by atoms with Crippen molar-refractivity contribution < 1.29 is 14.3 Å². The summed E-state index contributed by atoms with van der Waals surface area (Å²) in [7, 11) is 1.54. The van der Waals surface area contributed by atoms with Gasteiger partial charge in [0.25, 0.3) is 5.91 Å². The van der Waals surface area contributed by atoms with Crippen molar-refractivity contribution in [3.63, 3.8) is 0 Å². The number of ether oxygens (including phenoxy) is 1. The maximum absolute atomic E-state index is 12.9. The number of amides is 1. The third kappa shape index (κ3) is 3.27. The largest absolute Gasteiger partial charge is 0.469 e. The Kier molecular flexibility index (Phi) is 5.22. The molecule has 0 aliphatic heterocycles. The van der Waals surface area contributed by atoms with Gasteiger partial charge in [0, 0.05) is 17.3 Å². The summed E-state index contributed by atoms with van der Waals surface area (Å²) in [5.41, 5.74) is 4.36. The average molecular weight is 452 g/mol. The second-order valence-electron chi connectivity index (χ2n) is 11.9. The van der Waals surface area contributed by atoms with Crippen molar-refractivity contribution in [1.82, 2.24) is 10.4 Å². The van der Waals surface area contributed by atoms with Gasteiger partial charge < -0.3 is 4.74 Å². The number of rotatable bonds is 3. The highest BCUT2D eigenvalue weighted by Crippen LogP contribution is 2.73. The quantitative estimate of drug-likeness (QED) is 0.509. The number of hydrogen-bond acceptors (Lipinski definition) is 5. The van der Waals surface area contributed by atoms with E-state index in [4.69, 9.17) is 9.84 Å². The smallest absolute Gasteiger partial charge is 0.311 e. The van der Waals surface area contributed by atoms with Crippen molar-refractivity contribution in [1.29, 1.82) is 0 Å². The van der Waals surface area contributed by atoms with Gasteiger partial charge in [0.15, 0.2) is 0 Å². The molecule has 4 aliphatic rings. The zero-order chi connectivity index (χ0) is 23.5. The minimum absolute atomic E-state index is 0.0269. The molecule has 0 radical (unpaired) electrons. The number of carbonyl (C=O) groups is 2. The molecule has 4 aliphatic carbocycles. The number of methoxy groups -OCH3 is 1. The Morgan fingerprint density at radius 1 is 1.09 bits per heavy atom. The Bertz CT molecular complexity index is 994. The Hall–Kier alpha value is -2.24. The van der Waals surface area contributed by atoms with E-state index in [1.807, 2.05) is 6.07 Å². The van der Waals surface area contributed by atoms with Gasteiger partial charge >= 0.3 is 5.97 Å². The lowest BCUT2D eigenvalue weighted by Gasteiger charge is -2.64. The number of carbonyl (C=O) groups excluding carboxylic acids is 2. The summed E-state index contributed by atoms with van der Waals surface area (Å²) >= 11 is 0. The van der Waals surface area contributed by atoms with Crippen LogP contribution in [0.2, 0.25) is 0 Å². The minimum atomic E-state index is -0.379. The lowest BCUT2D eigenvalue weighted by molar-refractivity contribution is -0.185.